The van der Waals surface area contributed by atoms with Gasteiger partial charge in [0.15, 0.2) is 0 Å². The van der Waals surface area contributed by atoms with Crippen molar-refractivity contribution in [2.45, 2.75) is 26.7 Å². The highest BCUT2D eigenvalue weighted by molar-refractivity contribution is 6.67. The fourth-order valence-corrected chi connectivity index (χ4v) is 1.37. The fraction of sp³-hybridized carbons (Fsp3) is 0.353. The highest BCUT2D eigenvalue weighted by Gasteiger charge is 1.95. The molecule has 0 unspecified atom stereocenters. The van der Waals surface area contributed by atoms with Gasteiger partial charge in [-0.05, 0) is 24.4 Å². The van der Waals surface area contributed by atoms with Crippen LogP contribution in [0.25, 0.3) is 0 Å². The third-order valence-electron chi connectivity index (χ3n) is 2.23. The quantitative estimate of drug-likeness (QED) is 0.402. The van der Waals surface area contributed by atoms with E-state index < -0.39 is 5.24 Å². The molecule has 0 aliphatic heterocycles. The van der Waals surface area contributed by atoms with Crippen LogP contribution < -0.4 is 0 Å². The first kappa shape index (κ1) is 18.6. The summed E-state index contributed by atoms with van der Waals surface area (Å²) in [6, 6.07) is 8.74. The molecule has 20 heavy (non-hydrogen) atoms. The molecule has 0 fully saturated rings. The Labute approximate surface area is 127 Å². The van der Waals surface area contributed by atoms with E-state index >= 15 is 0 Å². The number of hydrogen-bond acceptors (Lipinski definition) is 2. The van der Waals surface area contributed by atoms with Gasteiger partial charge in [-0.15, -0.1) is 0 Å². The van der Waals surface area contributed by atoms with E-state index in [9.17, 15) is 4.79 Å². The number of benzene rings is 1. The Bertz CT molecular complexity index is 383. The number of allylic oxidation sites excluding steroid dienone is 2. The number of hydrogen-bond donors (Lipinski definition) is 0. The first-order chi connectivity index (χ1) is 9.72. The molecule has 1 aromatic rings. The average Bonchev–Trinajstić information content (AvgIpc) is 2.48. The number of carbonyl (C=O) groups is 1. The highest BCUT2D eigenvalue weighted by atomic mass is 35.5. The van der Waals surface area contributed by atoms with Gasteiger partial charge < -0.3 is 4.74 Å². The molecular formula is C17H23ClO2. The van der Waals surface area contributed by atoms with Gasteiger partial charge in [-0.2, -0.15) is 0 Å². The molecule has 0 aromatic heterocycles. The number of ether oxygens (including phenoxy) is 1. The van der Waals surface area contributed by atoms with E-state index in [4.69, 9.17) is 16.3 Å². The molecule has 0 atom stereocenters. The van der Waals surface area contributed by atoms with Crippen LogP contribution >= 0.6 is 11.6 Å². The summed E-state index contributed by atoms with van der Waals surface area (Å²) < 4.78 is 5.26. The van der Waals surface area contributed by atoms with Crippen molar-refractivity contribution in [2.75, 3.05) is 13.2 Å². The van der Waals surface area contributed by atoms with Crippen molar-refractivity contribution in [3.05, 3.63) is 60.2 Å². The third-order valence-corrected chi connectivity index (χ3v) is 2.45. The van der Waals surface area contributed by atoms with Crippen LogP contribution in [0, 0.1) is 0 Å². The molecule has 0 saturated heterocycles. The topological polar surface area (TPSA) is 26.3 Å². The molecular weight excluding hydrogens is 272 g/mol. The van der Waals surface area contributed by atoms with Crippen LogP contribution in [0.4, 0.5) is 0 Å². The second kappa shape index (κ2) is 14.0. The van der Waals surface area contributed by atoms with Crippen molar-refractivity contribution >= 4 is 16.8 Å². The lowest BCUT2D eigenvalue weighted by atomic mass is 10.2. The van der Waals surface area contributed by atoms with Crippen molar-refractivity contribution in [3.63, 3.8) is 0 Å². The molecule has 2 nitrogen and oxygen atoms in total. The molecule has 0 aliphatic carbocycles. The van der Waals surface area contributed by atoms with Crippen molar-refractivity contribution in [1.29, 1.82) is 0 Å². The normalized spacial score (nSPS) is 10.6. The van der Waals surface area contributed by atoms with Crippen LogP contribution in [0.1, 0.15) is 37.0 Å². The summed E-state index contributed by atoms with van der Waals surface area (Å²) in [6.45, 7) is 5.71. The van der Waals surface area contributed by atoms with Gasteiger partial charge in [0.1, 0.15) is 0 Å². The number of halogens is 1. The van der Waals surface area contributed by atoms with Gasteiger partial charge in [0, 0.05) is 5.56 Å². The van der Waals surface area contributed by atoms with Crippen LogP contribution in [0.2, 0.25) is 0 Å². The molecule has 0 radical (unpaired) electrons. The molecule has 1 aromatic carbocycles. The van der Waals surface area contributed by atoms with Gasteiger partial charge in [-0.25, -0.2) is 0 Å². The molecule has 0 spiro atoms. The monoisotopic (exact) mass is 294 g/mol. The maximum absolute atomic E-state index is 10.4. The smallest absolute Gasteiger partial charge is 0.252 e. The molecule has 3 heteroatoms. The fourth-order valence-electron chi connectivity index (χ4n) is 1.24. The minimum Gasteiger partial charge on any atom is -0.373 e. The summed E-state index contributed by atoms with van der Waals surface area (Å²) in [6.07, 6.45) is 10.5. The maximum Gasteiger partial charge on any atom is 0.252 e. The Kier molecular flexibility index (Phi) is 13.1. The minimum absolute atomic E-state index is 0.407. The van der Waals surface area contributed by atoms with Gasteiger partial charge in [0.25, 0.3) is 5.24 Å². The van der Waals surface area contributed by atoms with E-state index in [0.717, 1.165) is 26.1 Å². The van der Waals surface area contributed by atoms with Crippen LogP contribution in [0.3, 0.4) is 0 Å². The Morgan fingerprint density at radius 2 is 1.50 bits per heavy atom. The largest absolute Gasteiger partial charge is 0.373 e. The zero-order valence-corrected chi connectivity index (χ0v) is 13.0. The lowest BCUT2D eigenvalue weighted by Crippen LogP contribution is -1.89. The summed E-state index contributed by atoms with van der Waals surface area (Å²) in [7, 11) is 0. The molecule has 0 saturated carbocycles. The van der Waals surface area contributed by atoms with Gasteiger partial charge in [-0.1, -0.05) is 68.5 Å². The van der Waals surface area contributed by atoms with Gasteiger partial charge in [-0.3, -0.25) is 4.79 Å². The minimum atomic E-state index is -0.407. The predicted molar refractivity (Wildman–Crippen MR) is 86.3 cm³/mol. The van der Waals surface area contributed by atoms with Crippen molar-refractivity contribution in [1.82, 2.24) is 0 Å². The molecule has 110 valence electrons. The summed E-state index contributed by atoms with van der Waals surface area (Å²) >= 11 is 5.16. The molecule has 0 N–H and O–H groups in total. The summed E-state index contributed by atoms with van der Waals surface area (Å²) in [5.41, 5.74) is 0.541. The van der Waals surface area contributed by atoms with Crippen molar-refractivity contribution in [3.8, 4) is 0 Å². The molecule has 0 heterocycles. The van der Waals surface area contributed by atoms with E-state index in [0.29, 0.717) is 5.56 Å². The Hall–Kier alpha value is -1.38. The summed E-state index contributed by atoms with van der Waals surface area (Å²) in [5.74, 6) is 0. The Morgan fingerprint density at radius 1 is 1.00 bits per heavy atom. The highest BCUT2D eigenvalue weighted by Crippen LogP contribution is 2.01. The SMILES string of the molecule is CCC=CCOCC=CCC.O=C(Cl)c1ccccc1. The first-order valence-corrected chi connectivity index (χ1v) is 7.22. The molecule has 0 aliphatic rings. The lowest BCUT2D eigenvalue weighted by Gasteiger charge is -1.93. The van der Waals surface area contributed by atoms with Gasteiger partial charge in [0.05, 0.1) is 13.2 Å². The van der Waals surface area contributed by atoms with Crippen molar-refractivity contribution < 1.29 is 9.53 Å². The van der Waals surface area contributed by atoms with E-state index in [1.54, 1.807) is 24.3 Å². The van der Waals surface area contributed by atoms with E-state index in [1.807, 2.05) is 6.07 Å². The Morgan fingerprint density at radius 3 is 1.85 bits per heavy atom. The summed E-state index contributed by atoms with van der Waals surface area (Å²) in [4.78, 5) is 10.4. The zero-order chi connectivity index (χ0) is 15.1. The average molecular weight is 295 g/mol. The predicted octanol–water partition coefficient (Wildman–Crippen LogP) is 5.00. The molecule has 0 bridgehead atoms. The standard InChI is InChI=1S/C10H18O.C7H5ClO/c1-3-5-7-9-11-10-8-6-4-2;8-7(9)6-4-2-1-3-5-6/h5-8H,3-4,9-10H2,1-2H3;1-5H. The van der Waals surface area contributed by atoms with Crippen LogP contribution in [-0.4, -0.2) is 18.5 Å². The first-order valence-electron chi connectivity index (χ1n) is 6.85. The lowest BCUT2D eigenvalue weighted by molar-refractivity contribution is 0.108. The third kappa shape index (κ3) is 11.7. The summed E-state index contributed by atoms with van der Waals surface area (Å²) in [5, 5.41) is -0.407. The zero-order valence-electron chi connectivity index (χ0n) is 12.2. The second-order valence-electron chi connectivity index (χ2n) is 3.94. The van der Waals surface area contributed by atoms with Crippen LogP contribution in [-0.2, 0) is 4.74 Å². The number of carbonyl (C=O) groups excluding carboxylic acids is 1. The van der Waals surface area contributed by atoms with Crippen LogP contribution in [0.5, 0.6) is 0 Å². The van der Waals surface area contributed by atoms with Crippen LogP contribution in [0.15, 0.2) is 54.6 Å². The second-order valence-corrected chi connectivity index (χ2v) is 4.28. The maximum atomic E-state index is 10.4. The van der Waals surface area contributed by atoms with E-state index in [2.05, 4.69) is 38.2 Å². The number of rotatable bonds is 7. The van der Waals surface area contributed by atoms with Gasteiger partial charge >= 0.3 is 0 Å². The molecule has 1 rings (SSSR count). The van der Waals surface area contributed by atoms with E-state index in [1.165, 1.54) is 0 Å². The van der Waals surface area contributed by atoms with Crippen molar-refractivity contribution in [2.24, 2.45) is 0 Å². The van der Waals surface area contributed by atoms with Gasteiger partial charge in [0.2, 0.25) is 0 Å². The van der Waals surface area contributed by atoms with E-state index in [-0.39, 0.29) is 0 Å². The molecule has 0 amide bonds. The Balaban J connectivity index is 0.000000367.